The van der Waals surface area contributed by atoms with Crippen LogP contribution in [-0.2, 0) is 28.5 Å². The Labute approximate surface area is 153 Å². The fraction of sp³-hybridized carbons (Fsp3) is 0.947. The van der Waals surface area contributed by atoms with Gasteiger partial charge in [0.2, 0.25) is 0 Å². The van der Waals surface area contributed by atoms with Gasteiger partial charge in [-0.2, -0.15) is 0 Å². The van der Waals surface area contributed by atoms with Gasteiger partial charge in [0.25, 0.3) is 0 Å². The zero-order chi connectivity index (χ0) is 18.4. The number of unbranched alkanes of at least 4 members (excludes halogenated alkanes) is 3. The average Bonchev–Trinajstić information content (AvgIpc) is 2.62. The molecule has 6 nitrogen and oxygen atoms in total. The molecule has 0 spiro atoms. The van der Waals surface area contributed by atoms with E-state index in [4.69, 9.17) is 23.7 Å². The van der Waals surface area contributed by atoms with E-state index >= 15 is 0 Å². The van der Waals surface area contributed by atoms with E-state index in [0.29, 0.717) is 65.7 Å². The Balaban J connectivity index is 3.04. The maximum absolute atomic E-state index is 11.2. The van der Waals surface area contributed by atoms with E-state index < -0.39 is 0 Å². The molecular formula is C19H38O6. The molecule has 0 rings (SSSR count). The number of ether oxygens (including phenoxy) is 5. The molecule has 0 amide bonds. The number of rotatable bonds is 20. The highest BCUT2D eigenvalue weighted by Gasteiger charge is 2.01. The molecule has 0 unspecified atom stereocenters. The van der Waals surface area contributed by atoms with E-state index in [-0.39, 0.29) is 5.97 Å². The van der Waals surface area contributed by atoms with Gasteiger partial charge >= 0.3 is 5.97 Å². The van der Waals surface area contributed by atoms with Crippen LogP contribution >= 0.6 is 0 Å². The molecule has 0 aromatic heterocycles. The summed E-state index contributed by atoms with van der Waals surface area (Å²) in [5, 5.41) is 0. The first-order valence-electron chi connectivity index (χ1n) is 9.77. The Kier molecular flexibility index (Phi) is 20.8. The highest BCUT2D eigenvalue weighted by molar-refractivity contribution is 5.69. The van der Waals surface area contributed by atoms with Crippen LogP contribution in [0.15, 0.2) is 0 Å². The summed E-state index contributed by atoms with van der Waals surface area (Å²) < 4.78 is 26.7. The molecule has 0 saturated heterocycles. The number of hydrogen-bond donors (Lipinski definition) is 0. The second kappa shape index (κ2) is 21.4. The minimum Gasteiger partial charge on any atom is -0.466 e. The Morgan fingerprint density at radius 1 is 0.560 bits per heavy atom. The van der Waals surface area contributed by atoms with Gasteiger partial charge in [0.1, 0.15) is 0 Å². The third-order valence-corrected chi connectivity index (χ3v) is 3.40. The molecule has 0 aliphatic rings. The van der Waals surface area contributed by atoms with Crippen LogP contribution in [0.2, 0.25) is 0 Å². The first kappa shape index (κ1) is 24.3. The van der Waals surface area contributed by atoms with Crippen molar-refractivity contribution >= 4 is 5.97 Å². The summed E-state index contributed by atoms with van der Waals surface area (Å²) in [7, 11) is 0. The monoisotopic (exact) mass is 362 g/mol. The summed E-state index contributed by atoms with van der Waals surface area (Å²) in [5.41, 5.74) is 0. The molecular weight excluding hydrogens is 324 g/mol. The number of carbonyl (C=O) groups is 1. The van der Waals surface area contributed by atoms with E-state index in [1.807, 2.05) is 6.92 Å². The Bertz CT molecular complexity index is 273. The smallest absolute Gasteiger partial charge is 0.305 e. The number of carbonyl (C=O) groups excluding carboxylic acids is 1. The zero-order valence-corrected chi connectivity index (χ0v) is 16.3. The van der Waals surface area contributed by atoms with Gasteiger partial charge in [-0.3, -0.25) is 4.79 Å². The fourth-order valence-corrected chi connectivity index (χ4v) is 2.00. The minimum atomic E-state index is -0.149. The van der Waals surface area contributed by atoms with Gasteiger partial charge in [-0.15, -0.1) is 0 Å². The standard InChI is InChI=1S/C19H38O6/c1-3-5-6-7-11-21-13-15-23-17-18-24-16-14-22-12-8-9-19(20)25-10-4-2/h3-18H2,1-2H3. The van der Waals surface area contributed by atoms with Crippen LogP contribution in [0.3, 0.4) is 0 Å². The summed E-state index contributed by atoms with van der Waals surface area (Å²) in [4.78, 5) is 11.2. The van der Waals surface area contributed by atoms with Crippen LogP contribution in [0.5, 0.6) is 0 Å². The lowest BCUT2D eigenvalue weighted by molar-refractivity contribution is -0.144. The minimum absolute atomic E-state index is 0.149. The topological polar surface area (TPSA) is 63.2 Å². The van der Waals surface area contributed by atoms with Crippen molar-refractivity contribution in [1.82, 2.24) is 0 Å². The molecule has 0 bridgehead atoms. The van der Waals surface area contributed by atoms with Crippen LogP contribution in [0.25, 0.3) is 0 Å². The van der Waals surface area contributed by atoms with Gasteiger partial charge in [0.15, 0.2) is 0 Å². The summed E-state index contributed by atoms with van der Waals surface area (Å²) in [5.74, 6) is -0.149. The van der Waals surface area contributed by atoms with E-state index in [0.717, 1.165) is 19.4 Å². The van der Waals surface area contributed by atoms with E-state index in [1.165, 1.54) is 19.3 Å². The molecule has 0 saturated carbocycles. The van der Waals surface area contributed by atoms with Crippen molar-refractivity contribution in [2.75, 3.05) is 59.5 Å². The van der Waals surface area contributed by atoms with Gasteiger partial charge < -0.3 is 23.7 Å². The van der Waals surface area contributed by atoms with E-state index in [2.05, 4.69) is 6.92 Å². The SMILES string of the molecule is CCCCCCOCCOCCOCCOCCCC(=O)OCCC. The third-order valence-electron chi connectivity index (χ3n) is 3.40. The molecule has 0 aliphatic heterocycles. The van der Waals surface area contributed by atoms with E-state index in [9.17, 15) is 4.79 Å². The van der Waals surface area contributed by atoms with Gasteiger partial charge in [-0.05, 0) is 19.3 Å². The van der Waals surface area contributed by atoms with Crippen molar-refractivity contribution in [3.63, 3.8) is 0 Å². The lowest BCUT2D eigenvalue weighted by Crippen LogP contribution is -2.12. The quantitative estimate of drug-likeness (QED) is 0.244. The van der Waals surface area contributed by atoms with Crippen LogP contribution in [0.4, 0.5) is 0 Å². The predicted octanol–water partition coefficient (Wildman–Crippen LogP) is 3.37. The normalized spacial score (nSPS) is 11.0. The van der Waals surface area contributed by atoms with Gasteiger partial charge in [0, 0.05) is 19.6 Å². The molecule has 0 aliphatic carbocycles. The molecule has 25 heavy (non-hydrogen) atoms. The van der Waals surface area contributed by atoms with Crippen molar-refractivity contribution in [3.8, 4) is 0 Å². The first-order chi connectivity index (χ1) is 12.3. The largest absolute Gasteiger partial charge is 0.466 e. The van der Waals surface area contributed by atoms with Gasteiger partial charge in [0.05, 0.1) is 46.2 Å². The lowest BCUT2D eigenvalue weighted by atomic mass is 10.2. The highest BCUT2D eigenvalue weighted by atomic mass is 16.6. The molecule has 6 heteroatoms. The van der Waals surface area contributed by atoms with Crippen molar-refractivity contribution in [2.45, 2.75) is 58.8 Å². The highest BCUT2D eigenvalue weighted by Crippen LogP contribution is 1.98. The van der Waals surface area contributed by atoms with Crippen LogP contribution in [0.1, 0.15) is 58.8 Å². The molecule has 0 atom stereocenters. The molecule has 0 aromatic rings. The van der Waals surface area contributed by atoms with Gasteiger partial charge in [-0.1, -0.05) is 33.1 Å². The number of esters is 1. The molecule has 0 radical (unpaired) electrons. The fourth-order valence-electron chi connectivity index (χ4n) is 2.00. The zero-order valence-electron chi connectivity index (χ0n) is 16.3. The predicted molar refractivity (Wildman–Crippen MR) is 97.9 cm³/mol. The maximum atomic E-state index is 11.2. The van der Waals surface area contributed by atoms with Crippen molar-refractivity contribution < 1.29 is 28.5 Å². The molecule has 0 fully saturated rings. The molecule has 0 N–H and O–H groups in total. The molecule has 150 valence electrons. The second-order valence-electron chi connectivity index (χ2n) is 5.83. The van der Waals surface area contributed by atoms with E-state index in [1.54, 1.807) is 0 Å². The molecule has 0 aromatic carbocycles. The molecule has 0 heterocycles. The first-order valence-corrected chi connectivity index (χ1v) is 9.77. The Hall–Kier alpha value is -0.690. The maximum Gasteiger partial charge on any atom is 0.305 e. The van der Waals surface area contributed by atoms with Crippen molar-refractivity contribution in [3.05, 3.63) is 0 Å². The Morgan fingerprint density at radius 3 is 1.60 bits per heavy atom. The Morgan fingerprint density at radius 2 is 1.08 bits per heavy atom. The van der Waals surface area contributed by atoms with Crippen molar-refractivity contribution in [1.29, 1.82) is 0 Å². The second-order valence-corrected chi connectivity index (χ2v) is 5.83. The summed E-state index contributed by atoms with van der Waals surface area (Å²) in [6.45, 7) is 9.53. The summed E-state index contributed by atoms with van der Waals surface area (Å²) >= 11 is 0. The third kappa shape index (κ3) is 21.3. The van der Waals surface area contributed by atoms with Crippen LogP contribution in [0, 0.1) is 0 Å². The summed E-state index contributed by atoms with van der Waals surface area (Å²) in [6.07, 6.45) is 6.87. The average molecular weight is 363 g/mol. The van der Waals surface area contributed by atoms with Crippen LogP contribution < -0.4 is 0 Å². The number of hydrogen-bond acceptors (Lipinski definition) is 6. The van der Waals surface area contributed by atoms with Crippen molar-refractivity contribution in [2.24, 2.45) is 0 Å². The lowest BCUT2D eigenvalue weighted by Gasteiger charge is -2.07. The summed E-state index contributed by atoms with van der Waals surface area (Å²) in [6, 6.07) is 0. The van der Waals surface area contributed by atoms with Gasteiger partial charge in [-0.25, -0.2) is 0 Å². The van der Waals surface area contributed by atoms with Crippen LogP contribution in [-0.4, -0.2) is 65.4 Å².